The van der Waals surface area contributed by atoms with Crippen molar-refractivity contribution in [3.63, 3.8) is 0 Å². The number of benzene rings is 1. The molecule has 0 aliphatic carbocycles. The van der Waals surface area contributed by atoms with E-state index >= 15 is 0 Å². The second-order valence-corrected chi connectivity index (χ2v) is 5.56. The first-order valence-corrected chi connectivity index (χ1v) is 7.17. The second kappa shape index (κ2) is 6.37. The number of halogens is 2. The molecule has 0 bridgehead atoms. The molecule has 21 heavy (non-hydrogen) atoms. The maximum Gasteiger partial charge on any atom is 0.271 e. The molecule has 0 saturated carbocycles. The van der Waals surface area contributed by atoms with Gasteiger partial charge in [0.1, 0.15) is 5.69 Å². The van der Waals surface area contributed by atoms with E-state index < -0.39 is 0 Å². The molecule has 7 heteroatoms. The Morgan fingerprint density at radius 2 is 2.14 bits per heavy atom. The van der Waals surface area contributed by atoms with Gasteiger partial charge in [-0.3, -0.25) is 9.48 Å². The van der Waals surface area contributed by atoms with E-state index in [1.807, 2.05) is 6.07 Å². The van der Waals surface area contributed by atoms with Crippen LogP contribution in [-0.4, -0.2) is 22.2 Å². The van der Waals surface area contributed by atoms with Crippen molar-refractivity contribution >= 4 is 34.8 Å². The highest BCUT2D eigenvalue weighted by Crippen LogP contribution is 2.21. The minimum Gasteiger partial charge on any atom is -0.395 e. The minimum atomic E-state index is -0.249. The number of nitrogen functional groups attached to an aromatic ring is 1. The molecule has 1 aromatic carbocycles. The fourth-order valence-electron chi connectivity index (χ4n) is 2.06. The maximum atomic E-state index is 12.1. The third kappa shape index (κ3) is 3.49. The first-order valence-electron chi connectivity index (χ1n) is 6.41. The first kappa shape index (κ1) is 15.7. The van der Waals surface area contributed by atoms with Crippen molar-refractivity contribution in [2.24, 2.45) is 7.05 Å². The van der Waals surface area contributed by atoms with Gasteiger partial charge in [-0.2, -0.15) is 5.10 Å². The van der Waals surface area contributed by atoms with E-state index in [4.69, 9.17) is 28.9 Å². The van der Waals surface area contributed by atoms with E-state index in [0.717, 1.165) is 5.56 Å². The summed E-state index contributed by atoms with van der Waals surface area (Å²) < 4.78 is 1.48. The molecule has 0 aliphatic rings. The Morgan fingerprint density at radius 3 is 2.71 bits per heavy atom. The Balaban J connectivity index is 1.98. The monoisotopic (exact) mass is 326 g/mol. The fraction of sp³-hybridized carbons (Fsp3) is 0.286. The highest BCUT2D eigenvalue weighted by molar-refractivity contribution is 6.35. The number of rotatable bonds is 4. The molecule has 3 N–H and O–H groups in total. The van der Waals surface area contributed by atoms with Crippen LogP contribution in [0.1, 0.15) is 21.7 Å². The lowest BCUT2D eigenvalue weighted by atomic mass is 10.1. The van der Waals surface area contributed by atoms with Crippen LogP contribution in [0.25, 0.3) is 0 Å². The van der Waals surface area contributed by atoms with Crippen molar-refractivity contribution in [1.82, 2.24) is 15.1 Å². The third-order valence-corrected chi connectivity index (χ3v) is 3.77. The highest BCUT2D eigenvalue weighted by atomic mass is 35.5. The summed E-state index contributed by atoms with van der Waals surface area (Å²) in [5.74, 6) is -0.249. The number of nitrogens with two attached hydrogens (primary N) is 1. The summed E-state index contributed by atoms with van der Waals surface area (Å²) in [6.45, 7) is 2.21. The Labute approximate surface area is 133 Å². The molecule has 0 unspecified atom stereocenters. The summed E-state index contributed by atoms with van der Waals surface area (Å²) in [7, 11) is 1.69. The predicted molar refractivity (Wildman–Crippen MR) is 84.9 cm³/mol. The van der Waals surface area contributed by atoms with Crippen LogP contribution in [-0.2, 0) is 13.5 Å². The number of aromatic nitrogens is 2. The Hall–Kier alpha value is -1.72. The van der Waals surface area contributed by atoms with Crippen LogP contribution in [0.3, 0.4) is 0 Å². The number of aryl methyl sites for hydroxylation is 2. The average molecular weight is 327 g/mol. The molecule has 0 fully saturated rings. The van der Waals surface area contributed by atoms with Crippen LogP contribution >= 0.6 is 23.2 Å². The van der Waals surface area contributed by atoms with Crippen molar-refractivity contribution in [1.29, 1.82) is 0 Å². The molecular formula is C14H16Cl2N4O. The normalized spacial score (nSPS) is 10.7. The zero-order valence-electron chi connectivity index (χ0n) is 11.8. The van der Waals surface area contributed by atoms with E-state index in [1.54, 1.807) is 26.1 Å². The van der Waals surface area contributed by atoms with E-state index in [9.17, 15) is 4.79 Å². The van der Waals surface area contributed by atoms with Crippen molar-refractivity contribution in [3.8, 4) is 0 Å². The van der Waals surface area contributed by atoms with Crippen molar-refractivity contribution in [2.75, 3.05) is 12.3 Å². The van der Waals surface area contributed by atoms with Gasteiger partial charge in [0.05, 0.1) is 11.4 Å². The predicted octanol–water partition coefficient (Wildman–Crippen LogP) is 2.59. The zero-order chi connectivity index (χ0) is 15.6. The van der Waals surface area contributed by atoms with Gasteiger partial charge in [0.2, 0.25) is 0 Å². The molecule has 5 nitrogen and oxygen atoms in total. The molecule has 2 rings (SSSR count). The summed E-state index contributed by atoms with van der Waals surface area (Å²) in [6, 6.07) is 5.30. The SMILES string of the molecule is Cc1nn(C)c(C(=O)NCCc2ccc(Cl)cc2Cl)c1N. The van der Waals surface area contributed by atoms with Crippen LogP contribution in [0, 0.1) is 6.92 Å². The van der Waals surface area contributed by atoms with Gasteiger partial charge in [0.25, 0.3) is 5.91 Å². The topological polar surface area (TPSA) is 72.9 Å². The van der Waals surface area contributed by atoms with Gasteiger partial charge in [-0.05, 0) is 31.0 Å². The number of carbonyl (C=O) groups excluding carboxylic acids is 1. The van der Waals surface area contributed by atoms with Gasteiger partial charge < -0.3 is 11.1 Å². The molecule has 0 spiro atoms. The van der Waals surface area contributed by atoms with Crippen LogP contribution < -0.4 is 11.1 Å². The number of anilines is 1. The molecule has 112 valence electrons. The van der Waals surface area contributed by atoms with Gasteiger partial charge in [-0.1, -0.05) is 29.3 Å². The lowest BCUT2D eigenvalue weighted by Crippen LogP contribution is -2.28. The van der Waals surface area contributed by atoms with Crippen LogP contribution in [0.4, 0.5) is 5.69 Å². The molecule has 1 aromatic heterocycles. The Bertz CT molecular complexity index is 682. The van der Waals surface area contributed by atoms with E-state index in [2.05, 4.69) is 10.4 Å². The molecular weight excluding hydrogens is 311 g/mol. The third-order valence-electron chi connectivity index (χ3n) is 3.18. The Morgan fingerprint density at radius 1 is 1.43 bits per heavy atom. The Kier molecular flexibility index (Phi) is 4.75. The number of hydrogen-bond acceptors (Lipinski definition) is 3. The zero-order valence-corrected chi connectivity index (χ0v) is 13.3. The lowest BCUT2D eigenvalue weighted by molar-refractivity contribution is 0.0945. The lowest BCUT2D eigenvalue weighted by Gasteiger charge is -2.08. The van der Waals surface area contributed by atoms with E-state index in [-0.39, 0.29) is 5.91 Å². The van der Waals surface area contributed by atoms with Crippen LogP contribution in [0.15, 0.2) is 18.2 Å². The standard InChI is InChI=1S/C14H16Cl2N4O/c1-8-12(17)13(20(2)19-8)14(21)18-6-5-9-3-4-10(15)7-11(9)16/h3-4,7H,5-6,17H2,1-2H3,(H,18,21). The number of nitrogens with zero attached hydrogens (tertiary/aromatic N) is 2. The minimum absolute atomic E-state index is 0.249. The number of amides is 1. The van der Waals surface area contributed by atoms with Crippen LogP contribution in [0.2, 0.25) is 10.0 Å². The quantitative estimate of drug-likeness (QED) is 0.906. The molecule has 0 atom stereocenters. The summed E-state index contributed by atoms with van der Waals surface area (Å²) in [6.07, 6.45) is 0.610. The van der Waals surface area contributed by atoms with Gasteiger partial charge in [0.15, 0.2) is 0 Å². The van der Waals surface area contributed by atoms with Gasteiger partial charge in [-0.25, -0.2) is 0 Å². The average Bonchev–Trinajstić information content (AvgIpc) is 2.66. The molecule has 0 saturated heterocycles. The molecule has 0 radical (unpaired) electrons. The van der Waals surface area contributed by atoms with Crippen LogP contribution in [0.5, 0.6) is 0 Å². The van der Waals surface area contributed by atoms with Gasteiger partial charge in [-0.15, -0.1) is 0 Å². The summed E-state index contributed by atoms with van der Waals surface area (Å²) in [5, 5.41) is 8.11. The largest absolute Gasteiger partial charge is 0.395 e. The number of nitrogens with one attached hydrogen (secondary N) is 1. The van der Waals surface area contributed by atoms with Gasteiger partial charge in [0, 0.05) is 23.6 Å². The molecule has 2 aromatic rings. The van der Waals surface area contributed by atoms with Crippen molar-refractivity contribution in [3.05, 3.63) is 45.2 Å². The number of hydrogen-bond donors (Lipinski definition) is 2. The van der Waals surface area contributed by atoms with Crippen molar-refractivity contribution in [2.45, 2.75) is 13.3 Å². The second-order valence-electron chi connectivity index (χ2n) is 4.71. The maximum absolute atomic E-state index is 12.1. The smallest absolute Gasteiger partial charge is 0.271 e. The molecule has 1 heterocycles. The highest BCUT2D eigenvalue weighted by Gasteiger charge is 2.17. The number of carbonyl (C=O) groups is 1. The van der Waals surface area contributed by atoms with E-state index in [0.29, 0.717) is 40.1 Å². The summed E-state index contributed by atoms with van der Waals surface area (Å²) in [4.78, 5) is 12.1. The van der Waals surface area contributed by atoms with Crippen molar-refractivity contribution < 1.29 is 4.79 Å². The summed E-state index contributed by atoms with van der Waals surface area (Å²) >= 11 is 11.9. The van der Waals surface area contributed by atoms with E-state index in [1.165, 1.54) is 4.68 Å². The summed E-state index contributed by atoms with van der Waals surface area (Å²) in [5.41, 5.74) is 8.19. The fourth-order valence-corrected chi connectivity index (χ4v) is 2.57. The van der Waals surface area contributed by atoms with Gasteiger partial charge >= 0.3 is 0 Å². The first-order chi connectivity index (χ1) is 9.90. The molecule has 0 aliphatic heterocycles. The molecule has 1 amide bonds.